The number of hydrogen-bond acceptors (Lipinski definition) is 4. The largest absolute Gasteiger partial charge is 0.327 e. The second kappa shape index (κ2) is 6.54. The van der Waals surface area contributed by atoms with Crippen molar-refractivity contribution in [1.29, 1.82) is 0 Å². The molecule has 2 rings (SSSR count). The summed E-state index contributed by atoms with van der Waals surface area (Å²) in [7, 11) is 0. The molecule has 4 nitrogen and oxygen atoms in total. The van der Waals surface area contributed by atoms with Crippen LogP contribution in [-0.2, 0) is 5.75 Å². The van der Waals surface area contributed by atoms with E-state index < -0.39 is 0 Å². The zero-order chi connectivity index (χ0) is 13.8. The van der Waals surface area contributed by atoms with E-state index in [0.717, 1.165) is 28.1 Å². The van der Waals surface area contributed by atoms with E-state index in [-0.39, 0.29) is 11.6 Å². The van der Waals surface area contributed by atoms with Gasteiger partial charge in [0.15, 0.2) is 0 Å². The van der Waals surface area contributed by atoms with Crippen molar-refractivity contribution in [3.05, 3.63) is 44.9 Å². The van der Waals surface area contributed by atoms with Gasteiger partial charge in [0.05, 0.1) is 5.69 Å². The molecule has 19 heavy (non-hydrogen) atoms. The van der Waals surface area contributed by atoms with Gasteiger partial charge in [-0.15, -0.1) is 0 Å². The Kier molecular flexibility index (Phi) is 5.01. The lowest BCUT2D eigenvalue weighted by Crippen LogP contribution is -2.21. The van der Waals surface area contributed by atoms with Crippen molar-refractivity contribution < 1.29 is 0 Å². The third kappa shape index (κ3) is 3.81. The second-order valence-corrected chi connectivity index (χ2v) is 6.29. The second-order valence-electron chi connectivity index (χ2n) is 4.34. The maximum Gasteiger partial charge on any atom is 0.258 e. The lowest BCUT2D eigenvalue weighted by atomic mass is 10.3. The minimum atomic E-state index is -0.0540. The van der Waals surface area contributed by atoms with Crippen molar-refractivity contribution in [1.82, 2.24) is 9.38 Å². The maximum atomic E-state index is 12.0. The van der Waals surface area contributed by atoms with Crippen LogP contribution in [0.2, 0.25) is 0 Å². The first-order valence-corrected chi connectivity index (χ1v) is 8.06. The molecule has 0 spiro atoms. The number of halogens is 1. The summed E-state index contributed by atoms with van der Waals surface area (Å²) in [6.07, 6.45) is 2.70. The quantitative estimate of drug-likeness (QED) is 0.907. The van der Waals surface area contributed by atoms with E-state index >= 15 is 0 Å². The van der Waals surface area contributed by atoms with Crippen LogP contribution in [0.5, 0.6) is 0 Å². The fourth-order valence-electron chi connectivity index (χ4n) is 1.63. The Hall–Kier alpha value is -0.850. The maximum absolute atomic E-state index is 12.0. The molecule has 0 fully saturated rings. The Morgan fingerprint density at radius 2 is 2.32 bits per heavy atom. The fraction of sp³-hybridized carbons (Fsp3) is 0.385. The lowest BCUT2D eigenvalue weighted by Gasteiger charge is -2.08. The van der Waals surface area contributed by atoms with Crippen molar-refractivity contribution in [2.45, 2.75) is 25.1 Å². The van der Waals surface area contributed by atoms with E-state index in [1.807, 2.05) is 12.1 Å². The molecule has 1 atom stereocenters. The first-order valence-electron chi connectivity index (χ1n) is 6.11. The molecule has 0 aromatic carbocycles. The predicted octanol–water partition coefficient (Wildman–Crippen LogP) is 2.43. The number of rotatable bonds is 5. The van der Waals surface area contributed by atoms with Gasteiger partial charge >= 0.3 is 0 Å². The molecule has 1 unspecified atom stereocenters. The molecule has 2 aromatic rings. The van der Waals surface area contributed by atoms with Gasteiger partial charge in [0, 0.05) is 34.3 Å². The molecule has 0 saturated heterocycles. The summed E-state index contributed by atoms with van der Waals surface area (Å²) in [6, 6.07) is 5.51. The summed E-state index contributed by atoms with van der Waals surface area (Å²) in [5.74, 6) is 1.60. The zero-order valence-corrected chi connectivity index (χ0v) is 13.1. The molecule has 0 aliphatic carbocycles. The van der Waals surface area contributed by atoms with Crippen LogP contribution in [0, 0.1) is 0 Å². The first-order chi connectivity index (χ1) is 9.10. The van der Waals surface area contributed by atoms with Crippen LogP contribution in [0.25, 0.3) is 5.65 Å². The molecule has 0 amide bonds. The highest BCUT2D eigenvalue weighted by molar-refractivity contribution is 9.10. The fourth-order valence-corrected chi connectivity index (χ4v) is 2.98. The van der Waals surface area contributed by atoms with Gasteiger partial charge in [-0.05, 0) is 34.5 Å². The minimum absolute atomic E-state index is 0.0540. The monoisotopic (exact) mass is 341 g/mol. The molecule has 0 bridgehead atoms. The summed E-state index contributed by atoms with van der Waals surface area (Å²) >= 11 is 5.06. The number of nitrogens with zero attached hydrogens (tertiary/aromatic N) is 2. The van der Waals surface area contributed by atoms with E-state index in [2.05, 4.69) is 27.8 Å². The molecule has 0 aliphatic heterocycles. The SMILES string of the molecule is CCC(N)CSCc1cc(=O)n2cc(Br)ccc2n1. The van der Waals surface area contributed by atoms with Crippen LogP contribution in [0.3, 0.4) is 0 Å². The Labute approximate surface area is 124 Å². The average molecular weight is 342 g/mol. The molecular weight excluding hydrogens is 326 g/mol. The Morgan fingerprint density at radius 3 is 3.05 bits per heavy atom. The number of fused-ring (bicyclic) bond motifs is 1. The van der Waals surface area contributed by atoms with Crippen molar-refractivity contribution >= 4 is 33.3 Å². The molecule has 6 heteroatoms. The molecule has 2 heterocycles. The van der Waals surface area contributed by atoms with E-state index in [1.54, 1.807) is 24.0 Å². The number of aromatic nitrogens is 2. The summed E-state index contributed by atoms with van der Waals surface area (Å²) in [5, 5.41) is 0. The molecule has 2 aromatic heterocycles. The van der Waals surface area contributed by atoms with Crippen LogP contribution in [0.15, 0.2) is 33.7 Å². The van der Waals surface area contributed by atoms with Gasteiger partial charge in [0.1, 0.15) is 5.65 Å². The molecule has 102 valence electrons. The van der Waals surface area contributed by atoms with Crippen molar-refractivity contribution in [2.75, 3.05) is 5.75 Å². The first kappa shape index (κ1) is 14.6. The van der Waals surface area contributed by atoms with Crippen LogP contribution >= 0.6 is 27.7 Å². The standard InChI is InChI=1S/C13H16BrN3OS/c1-2-10(15)7-19-8-11-5-13(18)17-6-9(14)3-4-12(17)16-11/h3-6,10H,2,7-8,15H2,1H3. The number of thioether (sulfide) groups is 1. The van der Waals surface area contributed by atoms with E-state index in [1.165, 1.54) is 4.40 Å². The summed E-state index contributed by atoms with van der Waals surface area (Å²) in [4.78, 5) is 16.5. The van der Waals surface area contributed by atoms with Crippen LogP contribution < -0.4 is 11.3 Å². The predicted molar refractivity (Wildman–Crippen MR) is 83.6 cm³/mol. The highest BCUT2D eigenvalue weighted by atomic mass is 79.9. The van der Waals surface area contributed by atoms with Crippen molar-refractivity contribution in [3.8, 4) is 0 Å². The van der Waals surface area contributed by atoms with Gasteiger partial charge in [-0.1, -0.05) is 6.92 Å². The third-order valence-electron chi connectivity index (χ3n) is 2.78. The minimum Gasteiger partial charge on any atom is -0.327 e. The van der Waals surface area contributed by atoms with E-state index in [4.69, 9.17) is 5.73 Å². The van der Waals surface area contributed by atoms with Gasteiger partial charge in [-0.25, -0.2) is 4.98 Å². The molecule has 0 aliphatic rings. The van der Waals surface area contributed by atoms with Gasteiger partial charge in [-0.2, -0.15) is 11.8 Å². The normalized spacial score (nSPS) is 12.8. The lowest BCUT2D eigenvalue weighted by molar-refractivity contribution is 0.724. The summed E-state index contributed by atoms with van der Waals surface area (Å²) < 4.78 is 2.40. The number of nitrogens with two attached hydrogens (primary N) is 1. The zero-order valence-electron chi connectivity index (χ0n) is 10.7. The third-order valence-corrected chi connectivity index (χ3v) is 4.42. The topological polar surface area (TPSA) is 60.4 Å². The number of hydrogen-bond donors (Lipinski definition) is 1. The van der Waals surface area contributed by atoms with Gasteiger partial charge in [0.25, 0.3) is 5.56 Å². The molecule has 2 N–H and O–H groups in total. The van der Waals surface area contributed by atoms with Gasteiger partial charge in [0.2, 0.25) is 0 Å². The van der Waals surface area contributed by atoms with E-state index in [9.17, 15) is 4.79 Å². The Balaban J connectivity index is 2.17. The number of pyridine rings is 1. The molecule has 0 saturated carbocycles. The van der Waals surface area contributed by atoms with Gasteiger partial charge < -0.3 is 5.73 Å². The van der Waals surface area contributed by atoms with Gasteiger partial charge in [-0.3, -0.25) is 9.20 Å². The summed E-state index contributed by atoms with van der Waals surface area (Å²) in [5.41, 5.74) is 7.29. The Bertz CT molecular complexity index is 629. The molecule has 0 radical (unpaired) electrons. The average Bonchev–Trinajstić information content (AvgIpc) is 2.39. The highest BCUT2D eigenvalue weighted by Crippen LogP contribution is 2.13. The van der Waals surface area contributed by atoms with Crippen LogP contribution in [-0.4, -0.2) is 21.2 Å². The summed E-state index contributed by atoms with van der Waals surface area (Å²) in [6.45, 7) is 2.07. The van der Waals surface area contributed by atoms with Crippen LogP contribution in [0.1, 0.15) is 19.0 Å². The smallest absolute Gasteiger partial charge is 0.258 e. The molecular formula is C13H16BrN3OS. The van der Waals surface area contributed by atoms with Crippen molar-refractivity contribution in [3.63, 3.8) is 0 Å². The van der Waals surface area contributed by atoms with E-state index in [0.29, 0.717) is 5.65 Å². The van der Waals surface area contributed by atoms with Crippen molar-refractivity contribution in [2.24, 2.45) is 5.73 Å². The van der Waals surface area contributed by atoms with Crippen LogP contribution in [0.4, 0.5) is 0 Å². The highest BCUT2D eigenvalue weighted by Gasteiger charge is 2.04. The Morgan fingerprint density at radius 1 is 1.53 bits per heavy atom.